The van der Waals surface area contributed by atoms with Crippen molar-refractivity contribution in [2.45, 2.75) is 19.4 Å². The van der Waals surface area contributed by atoms with Gasteiger partial charge in [0.2, 0.25) is 5.91 Å². The third-order valence-electron chi connectivity index (χ3n) is 3.97. The van der Waals surface area contributed by atoms with E-state index in [2.05, 4.69) is 0 Å². The fourth-order valence-corrected chi connectivity index (χ4v) is 2.80. The van der Waals surface area contributed by atoms with Crippen molar-refractivity contribution in [1.29, 1.82) is 0 Å². The number of carboxylic acids is 1. The molecule has 0 radical (unpaired) electrons. The molecule has 1 fully saturated rings. The lowest BCUT2D eigenvalue weighted by Crippen LogP contribution is -2.23. The fourth-order valence-electron chi connectivity index (χ4n) is 2.80. The van der Waals surface area contributed by atoms with Gasteiger partial charge in [-0.05, 0) is 29.2 Å². The van der Waals surface area contributed by atoms with Crippen molar-refractivity contribution in [3.05, 3.63) is 59.7 Å². The lowest BCUT2D eigenvalue weighted by Gasteiger charge is -2.15. The number of rotatable bonds is 4. The number of likely N-dealkylation sites (tertiary alicyclic amines) is 1. The molecule has 1 amide bonds. The third kappa shape index (κ3) is 2.86. The van der Waals surface area contributed by atoms with Crippen LogP contribution in [0, 0.1) is 0 Å². The van der Waals surface area contributed by atoms with Crippen molar-refractivity contribution in [1.82, 2.24) is 4.90 Å². The number of carbonyl (C=O) groups excluding carboxylic acids is 1. The molecular weight excluding hydrogens is 278 g/mol. The van der Waals surface area contributed by atoms with Crippen molar-refractivity contribution in [2.75, 3.05) is 6.54 Å². The average Bonchev–Trinajstić information content (AvgIpc) is 2.93. The van der Waals surface area contributed by atoms with E-state index < -0.39 is 5.97 Å². The number of hydrogen-bond donors (Lipinski definition) is 1. The van der Waals surface area contributed by atoms with Crippen LogP contribution in [0.25, 0.3) is 11.1 Å². The van der Waals surface area contributed by atoms with E-state index in [1.54, 1.807) is 12.1 Å². The molecule has 1 aliphatic rings. The van der Waals surface area contributed by atoms with Crippen LogP contribution in [0.5, 0.6) is 0 Å². The smallest absolute Gasteiger partial charge is 0.336 e. The van der Waals surface area contributed by atoms with Gasteiger partial charge in [-0.2, -0.15) is 0 Å². The molecule has 0 aromatic heterocycles. The Morgan fingerprint density at radius 1 is 1.09 bits per heavy atom. The van der Waals surface area contributed by atoms with Crippen molar-refractivity contribution in [3.8, 4) is 11.1 Å². The van der Waals surface area contributed by atoms with Crippen LogP contribution in [0.1, 0.15) is 28.8 Å². The molecule has 1 saturated heterocycles. The summed E-state index contributed by atoms with van der Waals surface area (Å²) in [4.78, 5) is 24.8. The summed E-state index contributed by atoms with van der Waals surface area (Å²) in [6.45, 7) is 1.45. The van der Waals surface area contributed by atoms with Crippen LogP contribution in [0.15, 0.2) is 48.5 Å². The Bertz CT molecular complexity index is 707. The number of hydrogen-bond acceptors (Lipinski definition) is 2. The molecule has 4 nitrogen and oxygen atoms in total. The predicted molar refractivity (Wildman–Crippen MR) is 83.5 cm³/mol. The molecule has 0 bridgehead atoms. The highest BCUT2D eigenvalue weighted by Crippen LogP contribution is 2.25. The summed E-state index contributed by atoms with van der Waals surface area (Å²) in [6.07, 6.45) is 1.58. The molecule has 3 rings (SSSR count). The van der Waals surface area contributed by atoms with E-state index in [0.717, 1.165) is 24.1 Å². The Labute approximate surface area is 129 Å². The first-order valence-corrected chi connectivity index (χ1v) is 7.34. The van der Waals surface area contributed by atoms with Gasteiger partial charge in [-0.3, -0.25) is 4.79 Å². The van der Waals surface area contributed by atoms with E-state index in [9.17, 15) is 14.7 Å². The summed E-state index contributed by atoms with van der Waals surface area (Å²) in [5.74, 6) is -0.720. The minimum atomic E-state index is -0.928. The Morgan fingerprint density at radius 3 is 2.45 bits per heavy atom. The molecule has 2 aromatic carbocycles. The topological polar surface area (TPSA) is 57.6 Å². The molecule has 22 heavy (non-hydrogen) atoms. The van der Waals surface area contributed by atoms with E-state index in [4.69, 9.17) is 0 Å². The molecule has 2 aromatic rings. The van der Waals surface area contributed by atoms with Crippen molar-refractivity contribution < 1.29 is 14.7 Å². The second-order valence-corrected chi connectivity index (χ2v) is 5.47. The van der Waals surface area contributed by atoms with E-state index in [0.29, 0.717) is 24.1 Å². The monoisotopic (exact) mass is 295 g/mol. The summed E-state index contributed by atoms with van der Waals surface area (Å²) in [7, 11) is 0. The van der Waals surface area contributed by atoms with Crippen molar-refractivity contribution in [3.63, 3.8) is 0 Å². The van der Waals surface area contributed by atoms with E-state index in [1.807, 2.05) is 41.3 Å². The Kier molecular flexibility index (Phi) is 3.92. The van der Waals surface area contributed by atoms with Gasteiger partial charge in [0.15, 0.2) is 0 Å². The van der Waals surface area contributed by atoms with Gasteiger partial charge in [-0.1, -0.05) is 42.5 Å². The third-order valence-corrected chi connectivity index (χ3v) is 3.97. The van der Waals surface area contributed by atoms with Gasteiger partial charge in [0, 0.05) is 19.5 Å². The van der Waals surface area contributed by atoms with Crippen LogP contribution in [0.2, 0.25) is 0 Å². The predicted octanol–water partition coefficient (Wildman–Crippen LogP) is 3.17. The second kappa shape index (κ2) is 6.02. The Morgan fingerprint density at radius 2 is 1.82 bits per heavy atom. The van der Waals surface area contributed by atoms with Crippen LogP contribution < -0.4 is 0 Å². The van der Waals surface area contributed by atoms with Gasteiger partial charge < -0.3 is 10.0 Å². The lowest BCUT2D eigenvalue weighted by atomic mass is 9.98. The van der Waals surface area contributed by atoms with Crippen molar-refractivity contribution in [2.24, 2.45) is 0 Å². The summed E-state index contributed by atoms with van der Waals surface area (Å²) in [5, 5.41) is 9.26. The minimum Gasteiger partial charge on any atom is -0.478 e. The van der Waals surface area contributed by atoms with Crippen LogP contribution in [-0.2, 0) is 11.3 Å². The zero-order chi connectivity index (χ0) is 15.5. The van der Waals surface area contributed by atoms with Gasteiger partial charge in [0.1, 0.15) is 0 Å². The van der Waals surface area contributed by atoms with Gasteiger partial charge in [0.05, 0.1) is 5.56 Å². The molecule has 0 atom stereocenters. The summed E-state index contributed by atoms with van der Waals surface area (Å²) < 4.78 is 0. The zero-order valence-corrected chi connectivity index (χ0v) is 12.2. The Hall–Kier alpha value is -2.62. The molecule has 0 saturated carbocycles. The number of benzene rings is 2. The highest BCUT2D eigenvalue weighted by atomic mass is 16.4. The van der Waals surface area contributed by atoms with E-state index >= 15 is 0 Å². The zero-order valence-electron chi connectivity index (χ0n) is 12.2. The molecule has 0 unspecified atom stereocenters. The maximum Gasteiger partial charge on any atom is 0.336 e. The van der Waals surface area contributed by atoms with Gasteiger partial charge in [0.25, 0.3) is 0 Å². The van der Waals surface area contributed by atoms with Gasteiger partial charge >= 0.3 is 5.97 Å². The highest BCUT2D eigenvalue weighted by molar-refractivity contribution is 5.96. The SMILES string of the molecule is O=C(O)c1ccccc1-c1ccc(CN2CCCC2=O)cc1. The first kappa shape index (κ1) is 14.3. The Balaban J connectivity index is 1.83. The molecule has 1 N–H and O–H groups in total. The lowest BCUT2D eigenvalue weighted by molar-refractivity contribution is -0.128. The summed E-state index contributed by atoms with van der Waals surface area (Å²) in [6, 6.07) is 14.7. The number of amides is 1. The first-order chi connectivity index (χ1) is 10.6. The maximum absolute atomic E-state index is 11.6. The summed E-state index contributed by atoms with van der Waals surface area (Å²) >= 11 is 0. The van der Waals surface area contributed by atoms with Crippen LogP contribution in [0.3, 0.4) is 0 Å². The van der Waals surface area contributed by atoms with Crippen LogP contribution >= 0.6 is 0 Å². The molecule has 1 heterocycles. The second-order valence-electron chi connectivity index (χ2n) is 5.47. The number of aromatic carboxylic acids is 1. The highest BCUT2D eigenvalue weighted by Gasteiger charge is 2.20. The first-order valence-electron chi connectivity index (χ1n) is 7.34. The van der Waals surface area contributed by atoms with E-state index in [1.165, 1.54) is 0 Å². The minimum absolute atomic E-state index is 0.209. The standard InChI is InChI=1S/C18H17NO3/c20-17-6-3-11-19(17)12-13-7-9-14(10-8-13)15-4-1-2-5-16(15)18(21)22/h1-2,4-5,7-10H,3,6,11-12H2,(H,21,22). The summed E-state index contributed by atoms with van der Waals surface area (Å²) in [5.41, 5.74) is 2.94. The molecule has 0 spiro atoms. The van der Waals surface area contributed by atoms with Crippen LogP contribution in [-0.4, -0.2) is 28.4 Å². The number of carboxylic acid groups (broad SMARTS) is 1. The molecule has 4 heteroatoms. The molecule has 1 aliphatic heterocycles. The van der Waals surface area contributed by atoms with Gasteiger partial charge in [-0.15, -0.1) is 0 Å². The van der Waals surface area contributed by atoms with Crippen molar-refractivity contribution >= 4 is 11.9 Å². The number of carbonyl (C=O) groups is 2. The van der Waals surface area contributed by atoms with Crippen LogP contribution in [0.4, 0.5) is 0 Å². The maximum atomic E-state index is 11.6. The largest absolute Gasteiger partial charge is 0.478 e. The van der Waals surface area contributed by atoms with Gasteiger partial charge in [-0.25, -0.2) is 4.79 Å². The average molecular weight is 295 g/mol. The molecule has 0 aliphatic carbocycles. The van der Waals surface area contributed by atoms with E-state index in [-0.39, 0.29) is 5.91 Å². The fraction of sp³-hybridized carbons (Fsp3) is 0.222. The quantitative estimate of drug-likeness (QED) is 0.942. The molecular formula is C18H17NO3. The number of nitrogens with zero attached hydrogens (tertiary/aromatic N) is 1. The molecule has 112 valence electrons. The normalized spacial score (nSPS) is 14.4.